The zero-order chi connectivity index (χ0) is 18.5. The number of phenols is 1. The fraction of sp³-hybridized carbons (Fsp3) is 0. The average molecular weight is 352 g/mol. The zero-order valence-electron chi connectivity index (χ0n) is 14.8. The minimum atomic E-state index is 0.239. The van der Waals surface area contributed by atoms with Crippen molar-refractivity contribution in [1.82, 2.24) is 0 Å². The number of aromatic hydroxyl groups is 1. The van der Waals surface area contributed by atoms with Crippen molar-refractivity contribution >= 4 is 22.7 Å². The lowest BCUT2D eigenvalue weighted by molar-refractivity contribution is 0.478. The molecule has 3 heteroatoms. The minimum Gasteiger partial charge on any atom is -0.506 e. The van der Waals surface area contributed by atoms with Crippen LogP contribution in [0.1, 0.15) is 0 Å². The lowest BCUT2D eigenvalue weighted by Crippen LogP contribution is -1.91. The highest BCUT2D eigenvalue weighted by Crippen LogP contribution is 2.28. The van der Waals surface area contributed by atoms with Crippen LogP contribution in [0.25, 0.3) is 11.1 Å². The van der Waals surface area contributed by atoms with E-state index in [0.717, 1.165) is 28.2 Å². The third kappa shape index (κ3) is 4.10. The summed E-state index contributed by atoms with van der Waals surface area (Å²) in [6.07, 6.45) is 0. The number of benzene rings is 4. The molecule has 0 amide bonds. The van der Waals surface area contributed by atoms with Crippen molar-refractivity contribution in [3.8, 4) is 16.9 Å². The lowest BCUT2D eigenvalue weighted by atomic mass is 10.0. The van der Waals surface area contributed by atoms with Gasteiger partial charge in [-0.3, -0.25) is 0 Å². The summed E-state index contributed by atoms with van der Waals surface area (Å²) in [5.74, 6) is 0.239. The molecule has 0 saturated heterocycles. The summed E-state index contributed by atoms with van der Waals surface area (Å²) in [5.41, 5.74) is 6.06. The van der Waals surface area contributed by atoms with Crippen LogP contribution in [0, 0.1) is 0 Å². The lowest BCUT2D eigenvalue weighted by Gasteiger charge is -2.10. The van der Waals surface area contributed by atoms with E-state index in [1.54, 1.807) is 12.1 Å². The summed E-state index contributed by atoms with van der Waals surface area (Å²) in [6.45, 7) is 0. The number of para-hydroxylation sites is 3. The fourth-order valence-electron chi connectivity index (χ4n) is 2.92. The second-order valence-corrected chi connectivity index (χ2v) is 6.29. The molecule has 0 saturated carbocycles. The van der Waals surface area contributed by atoms with Crippen molar-refractivity contribution in [2.24, 2.45) is 0 Å². The maximum absolute atomic E-state index is 9.87. The first kappa shape index (κ1) is 16.7. The molecule has 0 aliphatic rings. The molecule has 0 unspecified atom stereocenters. The number of hydrogen-bond acceptors (Lipinski definition) is 3. The predicted molar refractivity (Wildman–Crippen MR) is 113 cm³/mol. The van der Waals surface area contributed by atoms with Gasteiger partial charge in [-0.2, -0.15) is 0 Å². The molecule has 4 aromatic rings. The first-order valence-corrected chi connectivity index (χ1v) is 8.85. The molecule has 4 rings (SSSR count). The Balaban J connectivity index is 1.46. The summed E-state index contributed by atoms with van der Waals surface area (Å²) in [7, 11) is 0. The Bertz CT molecular complexity index is 1010. The van der Waals surface area contributed by atoms with Gasteiger partial charge in [0, 0.05) is 17.1 Å². The molecule has 3 N–H and O–H groups in total. The maximum Gasteiger partial charge on any atom is 0.139 e. The van der Waals surface area contributed by atoms with Crippen LogP contribution in [0.5, 0.6) is 5.75 Å². The molecule has 4 aromatic carbocycles. The number of anilines is 4. The van der Waals surface area contributed by atoms with E-state index in [4.69, 9.17) is 0 Å². The Labute approximate surface area is 158 Å². The van der Waals surface area contributed by atoms with Gasteiger partial charge in [-0.15, -0.1) is 0 Å². The van der Waals surface area contributed by atoms with E-state index in [1.165, 1.54) is 0 Å². The van der Waals surface area contributed by atoms with Crippen LogP contribution in [-0.4, -0.2) is 5.11 Å². The van der Waals surface area contributed by atoms with E-state index in [0.29, 0.717) is 5.69 Å². The van der Waals surface area contributed by atoms with E-state index in [2.05, 4.69) is 47.0 Å². The number of hydrogen-bond donors (Lipinski definition) is 3. The largest absolute Gasteiger partial charge is 0.506 e. The number of rotatable bonds is 5. The van der Waals surface area contributed by atoms with Crippen molar-refractivity contribution in [3.63, 3.8) is 0 Å². The molecule has 0 heterocycles. The Kier molecular flexibility index (Phi) is 4.75. The molecule has 0 aliphatic carbocycles. The summed E-state index contributed by atoms with van der Waals surface area (Å²) < 4.78 is 0. The van der Waals surface area contributed by atoms with E-state index >= 15 is 0 Å². The van der Waals surface area contributed by atoms with Crippen LogP contribution in [-0.2, 0) is 0 Å². The van der Waals surface area contributed by atoms with E-state index in [1.807, 2.05) is 54.6 Å². The SMILES string of the molecule is Oc1ccccc1Nc1ccc(-c2ccc(Nc3ccccc3)cc2)cc1. The van der Waals surface area contributed by atoms with Crippen LogP contribution in [0.4, 0.5) is 22.7 Å². The number of phenolic OH excluding ortho intramolecular Hbond substituents is 1. The zero-order valence-corrected chi connectivity index (χ0v) is 14.8. The molecule has 3 nitrogen and oxygen atoms in total. The molecule has 0 fully saturated rings. The van der Waals surface area contributed by atoms with Crippen molar-refractivity contribution in [2.75, 3.05) is 10.6 Å². The predicted octanol–water partition coefficient (Wildman–Crippen LogP) is 6.55. The minimum absolute atomic E-state index is 0.239. The summed E-state index contributed by atoms with van der Waals surface area (Å²) in [4.78, 5) is 0. The average Bonchev–Trinajstić information content (AvgIpc) is 2.72. The van der Waals surface area contributed by atoms with Crippen LogP contribution < -0.4 is 10.6 Å². The maximum atomic E-state index is 9.87. The summed E-state index contributed by atoms with van der Waals surface area (Å²) in [5, 5.41) is 16.5. The highest BCUT2D eigenvalue weighted by atomic mass is 16.3. The summed E-state index contributed by atoms with van der Waals surface area (Å²) in [6, 6.07) is 33.9. The van der Waals surface area contributed by atoms with Gasteiger partial charge in [0.1, 0.15) is 5.75 Å². The van der Waals surface area contributed by atoms with Gasteiger partial charge in [0.05, 0.1) is 5.69 Å². The third-order valence-electron chi connectivity index (χ3n) is 4.35. The smallest absolute Gasteiger partial charge is 0.139 e. The van der Waals surface area contributed by atoms with Crippen LogP contribution in [0.3, 0.4) is 0 Å². The standard InChI is InChI=1S/C24H20N2O/c27-24-9-5-4-8-23(24)26-22-16-12-19(13-17-22)18-10-14-21(15-11-18)25-20-6-2-1-3-7-20/h1-17,25-27H. The normalized spacial score (nSPS) is 10.4. The van der Waals surface area contributed by atoms with E-state index < -0.39 is 0 Å². The van der Waals surface area contributed by atoms with E-state index in [-0.39, 0.29) is 5.75 Å². The monoisotopic (exact) mass is 352 g/mol. The van der Waals surface area contributed by atoms with Crippen molar-refractivity contribution in [3.05, 3.63) is 103 Å². The van der Waals surface area contributed by atoms with Crippen LogP contribution in [0.2, 0.25) is 0 Å². The Morgan fingerprint density at radius 3 is 1.52 bits per heavy atom. The molecule has 0 radical (unpaired) electrons. The second kappa shape index (κ2) is 7.67. The highest BCUT2D eigenvalue weighted by molar-refractivity contribution is 5.72. The molecule has 0 atom stereocenters. The fourth-order valence-corrected chi connectivity index (χ4v) is 2.92. The van der Waals surface area contributed by atoms with Crippen molar-refractivity contribution in [1.29, 1.82) is 0 Å². The molecule has 0 spiro atoms. The van der Waals surface area contributed by atoms with Gasteiger partial charge in [-0.1, -0.05) is 54.6 Å². The van der Waals surface area contributed by atoms with Gasteiger partial charge in [0.15, 0.2) is 0 Å². The van der Waals surface area contributed by atoms with E-state index in [9.17, 15) is 5.11 Å². The van der Waals surface area contributed by atoms with Gasteiger partial charge >= 0.3 is 0 Å². The van der Waals surface area contributed by atoms with Gasteiger partial charge in [-0.05, 0) is 59.7 Å². The second-order valence-electron chi connectivity index (χ2n) is 6.29. The molecular weight excluding hydrogens is 332 g/mol. The topological polar surface area (TPSA) is 44.3 Å². The number of nitrogens with one attached hydrogen (secondary N) is 2. The molecule has 0 aliphatic heterocycles. The first-order valence-electron chi connectivity index (χ1n) is 8.85. The molecule has 0 bridgehead atoms. The van der Waals surface area contributed by atoms with Gasteiger partial charge in [0.2, 0.25) is 0 Å². The quantitative estimate of drug-likeness (QED) is 0.357. The molecule has 0 aromatic heterocycles. The first-order chi connectivity index (χ1) is 13.3. The Morgan fingerprint density at radius 1 is 0.444 bits per heavy atom. The van der Waals surface area contributed by atoms with Crippen LogP contribution in [0.15, 0.2) is 103 Å². The van der Waals surface area contributed by atoms with Crippen molar-refractivity contribution in [2.45, 2.75) is 0 Å². The molecular formula is C24H20N2O. The highest BCUT2D eigenvalue weighted by Gasteiger charge is 2.02. The van der Waals surface area contributed by atoms with Gasteiger partial charge in [0.25, 0.3) is 0 Å². The third-order valence-corrected chi connectivity index (χ3v) is 4.35. The summed E-state index contributed by atoms with van der Waals surface area (Å²) >= 11 is 0. The molecule has 132 valence electrons. The van der Waals surface area contributed by atoms with Gasteiger partial charge < -0.3 is 15.7 Å². The van der Waals surface area contributed by atoms with Gasteiger partial charge in [-0.25, -0.2) is 0 Å². The Morgan fingerprint density at radius 2 is 0.926 bits per heavy atom. The Hall–Kier alpha value is -3.72. The van der Waals surface area contributed by atoms with Crippen LogP contribution >= 0.6 is 0 Å². The molecule has 27 heavy (non-hydrogen) atoms. The van der Waals surface area contributed by atoms with Crippen molar-refractivity contribution < 1.29 is 5.11 Å².